The van der Waals surface area contributed by atoms with Gasteiger partial charge in [0.2, 0.25) is 0 Å². The zero-order chi connectivity index (χ0) is 14.0. The Kier molecular flexibility index (Phi) is 4.26. The lowest BCUT2D eigenvalue weighted by Crippen LogP contribution is -2.30. The molecule has 0 spiro atoms. The summed E-state index contributed by atoms with van der Waals surface area (Å²) in [4.78, 5) is 11.2. The van der Waals surface area contributed by atoms with E-state index in [2.05, 4.69) is 10.3 Å². The van der Waals surface area contributed by atoms with Crippen LogP contribution in [-0.4, -0.2) is 20.9 Å². The number of carbonyl (C=O) groups is 1. The molecule has 0 saturated carbocycles. The second-order valence-corrected chi connectivity index (χ2v) is 4.84. The van der Waals surface area contributed by atoms with Gasteiger partial charge in [0.1, 0.15) is 0 Å². The number of nitrogens with zero attached hydrogens (tertiary/aromatic N) is 3. The maximum Gasteiger partial charge on any atom is 0.287 e. The predicted molar refractivity (Wildman–Crippen MR) is 72.2 cm³/mol. The van der Waals surface area contributed by atoms with Crippen molar-refractivity contribution >= 4 is 40.7 Å². The number of hydrogen-bond donors (Lipinski definition) is 2. The van der Waals surface area contributed by atoms with Crippen molar-refractivity contribution in [2.45, 2.75) is 6.54 Å². The number of amides is 1. The molecular weight excluding hydrogens is 313 g/mol. The lowest BCUT2D eigenvalue weighted by Gasteiger charge is -2.05. The fraction of sp³-hybridized carbons (Fsp3) is 0.100. The summed E-state index contributed by atoms with van der Waals surface area (Å²) in [5.41, 5.74) is 2.87. The minimum absolute atomic E-state index is 0.119. The zero-order valence-corrected chi connectivity index (χ0v) is 11.7. The monoisotopic (exact) mass is 319 g/mol. The van der Waals surface area contributed by atoms with Crippen LogP contribution in [0.25, 0.3) is 0 Å². The summed E-state index contributed by atoms with van der Waals surface area (Å²) in [5, 5.41) is 8.47. The third-order valence-corrected chi connectivity index (χ3v) is 3.49. The largest absolute Gasteiger partial charge is 0.289 e. The molecule has 2 aromatic rings. The number of benzene rings is 1. The van der Waals surface area contributed by atoms with Gasteiger partial charge in [0.25, 0.3) is 5.91 Å². The lowest BCUT2D eigenvalue weighted by atomic mass is 10.2. The molecule has 0 radical (unpaired) electrons. The highest BCUT2D eigenvalue weighted by Gasteiger charge is 2.10. The molecule has 19 heavy (non-hydrogen) atoms. The maximum atomic E-state index is 11.2. The Balaban J connectivity index is 2.22. The van der Waals surface area contributed by atoms with E-state index in [-0.39, 0.29) is 5.69 Å². The van der Waals surface area contributed by atoms with Gasteiger partial charge in [-0.15, -0.1) is 5.10 Å². The van der Waals surface area contributed by atoms with Crippen LogP contribution in [0.3, 0.4) is 0 Å². The fourth-order valence-electron chi connectivity index (χ4n) is 1.44. The van der Waals surface area contributed by atoms with E-state index in [1.54, 1.807) is 12.1 Å². The molecule has 0 saturated heterocycles. The second kappa shape index (κ2) is 5.75. The first-order valence-corrected chi connectivity index (χ1v) is 6.19. The van der Waals surface area contributed by atoms with Gasteiger partial charge in [-0.1, -0.05) is 40.0 Å². The second-order valence-electron chi connectivity index (χ2n) is 3.65. The van der Waals surface area contributed by atoms with E-state index in [9.17, 15) is 4.79 Å². The first-order valence-electron chi connectivity index (χ1n) is 5.05. The maximum absolute atomic E-state index is 11.2. The van der Waals surface area contributed by atoms with Crippen molar-refractivity contribution in [3.63, 3.8) is 0 Å². The minimum Gasteiger partial charge on any atom is -0.289 e. The van der Waals surface area contributed by atoms with Crippen molar-refractivity contribution in [3.05, 3.63) is 44.7 Å². The highest BCUT2D eigenvalue weighted by Crippen LogP contribution is 2.31. The van der Waals surface area contributed by atoms with Crippen LogP contribution in [-0.2, 0) is 6.54 Å². The van der Waals surface area contributed by atoms with Crippen molar-refractivity contribution in [2.24, 2.45) is 5.84 Å². The number of halogens is 3. The summed E-state index contributed by atoms with van der Waals surface area (Å²) in [6, 6.07) is 3.33. The molecule has 0 aliphatic heterocycles. The van der Waals surface area contributed by atoms with Crippen LogP contribution in [0.4, 0.5) is 0 Å². The molecule has 0 fully saturated rings. The molecule has 1 aromatic heterocycles. The molecule has 1 aromatic carbocycles. The van der Waals surface area contributed by atoms with Gasteiger partial charge in [-0.3, -0.25) is 10.2 Å². The Morgan fingerprint density at radius 3 is 2.53 bits per heavy atom. The van der Waals surface area contributed by atoms with Crippen LogP contribution >= 0.6 is 34.8 Å². The van der Waals surface area contributed by atoms with Gasteiger partial charge in [-0.25, -0.2) is 10.5 Å². The van der Waals surface area contributed by atoms with Gasteiger partial charge in [0.05, 0.1) is 27.8 Å². The first-order chi connectivity index (χ1) is 9.01. The number of aromatic nitrogens is 3. The van der Waals surface area contributed by atoms with Gasteiger partial charge < -0.3 is 0 Å². The van der Waals surface area contributed by atoms with Gasteiger partial charge in [0.15, 0.2) is 5.69 Å². The molecule has 6 nitrogen and oxygen atoms in total. The van der Waals surface area contributed by atoms with Crippen molar-refractivity contribution in [1.82, 2.24) is 20.4 Å². The lowest BCUT2D eigenvalue weighted by molar-refractivity contribution is 0.0948. The molecule has 2 rings (SSSR count). The molecule has 0 bridgehead atoms. The van der Waals surface area contributed by atoms with Gasteiger partial charge in [0, 0.05) is 0 Å². The number of hydrogen-bond acceptors (Lipinski definition) is 4. The third-order valence-electron chi connectivity index (χ3n) is 2.29. The Bertz CT molecular complexity index is 604. The van der Waals surface area contributed by atoms with Crippen molar-refractivity contribution in [2.75, 3.05) is 0 Å². The molecule has 3 N–H and O–H groups in total. The van der Waals surface area contributed by atoms with E-state index in [0.29, 0.717) is 21.6 Å². The van der Waals surface area contributed by atoms with Crippen LogP contribution in [0.5, 0.6) is 0 Å². The van der Waals surface area contributed by atoms with Crippen molar-refractivity contribution < 1.29 is 4.79 Å². The normalized spacial score (nSPS) is 10.5. The summed E-state index contributed by atoms with van der Waals surface area (Å²) in [5.74, 6) is 4.48. The summed E-state index contributed by atoms with van der Waals surface area (Å²) in [6.45, 7) is 0.349. The van der Waals surface area contributed by atoms with Gasteiger partial charge in [-0.05, 0) is 17.7 Å². The minimum atomic E-state index is -0.515. The highest BCUT2D eigenvalue weighted by molar-refractivity contribution is 6.48. The highest BCUT2D eigenvalue weighted by atomic mass is 35.5. The Labute approximate surface area is 123 Å². The van der Waals surface area contributed by atoms with Gasteiger partial charge >= 0.3 is 0 Å². The van der Waals surface area contributed by atoms with E-state index < -0.39 is 5.91 Å². The quantitative estimate of drug-likeness (QED) is 0.391. The molecule has 0 atom stereocenters. The predicted octanol–water partition coefficient (Wildman–Crippen LogP) is 1.89. The molecule has 0 aliphatic rings. The van der Waals surface area contributed by atoms with Crippen molar-refractivity contribution in [3.8, 4) is 0 Å². The molecule has 0 unspecified atom stereocenters. The van der Waals surface area contributed by atoms with E-state index in [4.69, 9.17) is 40.6 Å². The standard InChI is InChI=1S/C10H8Cl3N5O/c11-6-1-5(2-7(12)9(6)13)3-18-4-8(16-17-18)10(19)15-14/h1-2,4H,3,14H2,(H,15,19). The molecule has 1 heterocycles. The van der Waals surface area contributed by atoms with E-state index in [1.165, 1.54) is 10.9 Å². The number of nitrogens with one attached hydrogen (secondary N) is 1. The summed E-state index contributed by atoms with van der Waals surface area (Å²) in [6.07, 6.45) is 1.46. The number of nitrogens with two attached hydrogens (primary N) is 1. The van der Waals surface area contributed by atoms with Crippen LogP contribution in [0, 0.1) is 0 Å². The number of hydrazine groups is 1. The Morgan fingerprint density at radius 1 is 1.32 bits per heavy atom. The summed E-state index contributed by atoms with van der Waals surface area (Å²) in [7, 11) is 0. The number of nitrogen functional groups attached to an aromatic ring is 1. The SMILES string of the molecule is NNC(=O)c1cn(Cc2cc(Cl)c(Cl)c(Cl)c2)nn1. The van der Waals surface area contributed by atoms with Crippen molar-refractivity contribution in [1.29, 1.82) is 0 Å². The third kappa shape index (κ3) is 3.16. The topological polar surface area (TPSA) is 85.8 Å². The van der Waals surface area contributed by atoms with E-state index in [0.717, 1.165) is 5.56 Å². The number of carbonyl (C=O) groups excluding carboxylic acids is 1. The van der Waals surface area contributed by atoms with Gasteiger partial charge in [-0.2, -0.15) is 0 Å². The molecule has 100 valence electrons. The molecular formula is C10H8Cl3N5O. The molecule has 0 aliphatic carbocycles. The average Bonchev–Trinajstić information content (AvgIpc) is 2.83. The fourth-order valence-corrected chi connectivity index (χ4v) is 2.08. The first kappa shape index (κ1) is 14.1. The van der Waals surface area contributed by atoms with Crippen LogP contribution in [0.1, 0.15) is 16.1 Å². The molecule has 1 amide bonds. The van der Waals surface area contributed by atoms with E-state index in [1.807, 2.05) is 5.43 Å². The van der Waals surface area contributed by atoms with Crippen LogP contribution < -0.4 is 11.3 Å². The summed E-state index contributed by atoms with van der Waals surface area (Å²) >= 11 is 17.7. The smallest absolute Gasteiger partial charge is 0.287 e. The Hall–Kier alpha value is -1.34. The van der Waals surface area contributed by atoms with E-state index >= 15 is 0 Å². The Morgan fingerprint density at radius 2 is 1.95 bits per heavy atom. The summed E-state index contributed by atoms with van der Waals surface area (Å²) < 4.78 is 1.46. The average molecular weight is 321 g/mol. The molecule has 9 heteroatoms. The zero-order valence-electron chi connectivity index (χ0n) is 9.40. The van der Waals surface area contributed by atoms with Crippen LogP contribution in [0.15, 0.2) is 18.3 Å². The van der Waals surface area contributed by atoms with Crippen LogP contribution in [0.2, 0.25) is 15.1 Å². The number of rotatable bonds is 3.